The van der Waals surface area contributed by atoms with E-state index in [4.69, 9.17) is 9.47 Å². The van der Waals surface area contributed by atoms with Gasteiger partial charge >= 0.3 is 0 Å². The molecule has 68 valence electrons. The molecule has 1 heterocycles. The van der Waals surface area contributed by atoms with Crippen LogP contribution in [0.5, 0.6) is 0 Å². The van der Waals surface area contributed by atoms with Crippen molar-refractivity contribution in [3.05, 3.63) is 12.2 Å². The monoisotopic (exact) mass is 170 g/mol. The van der Waals surface area contributed by atoms with Crippen LogP contribution in [0.4, 0.5) is 0 Å². The van der Waals surface area contributed by atoms with Crippen LogP contribution in [0.3, 0.4) is 0 Å². The quantitative estimate of drug-likeness (QED) is 0.543. The molecule has 2 rings (SSSR count). The van der Waals surface area contributed by atoms with Crippen LogP contribution in [0.2, 0.25) is 0 Å². The van der Waals surface area contributed by atoms with Gasteiger partial charge in [-0.3, -0.25) is 0 Å². The van der Waals surface area contributed by atoms with Gasteiger partial charge in [-0.15, -0.1) is 0 Å². The van der Waals surface area contributed by atoms with E-state index in [1.165, 1.54) is 0 Å². The van der Waals surface area contributed by atoms with E-state index in [9.17, 15) is 5.11 Å². The molecule has 4 atom stereocenters. The van der Waals surface area contributed by atoms with Crippen molar-refractivity contribution in [2.45, 2.75) is 31.8 Å². The van der Waals surface area contributed by atoms with E-state index >= 15 is 0 Å². The van der Waals surface area contributed by atoms with Crippen molar-refractivity contribution in [3.63, 3.8) is 0 Å². The molecule has 0 amide bonds. The average Bonchev–Trinajstić information content (AvgIpc) is 2.28. The van der Waals surface area contributed by atoms with E-state index in [1.807, 2.05) is 6.92 Å². The molecule has 12 heavy (non-hydrogen) atoms. The first-order valence-electron chi connectivity index (χ1n) is 4.32. The molecule has 3 heteroatoms. The summed E-state index contributed by atoms with van der Waals surface area (Å²) in [6.45, 7) is 6.35. The van der Waals surface area contributed by atoms with Gasteiger partial charge in [0.15, 0.2) is 6.29 Å². The Morgan fingerprint density at radius 1 is 1.58 bits per heavy atom. The van der Waals surface area contributed by atoms with Crippen LogP contribution in [-0.2, 0) is 9.47 Å². The van der Waals surface area contributed by atoms with E-state index in [0.29, 0.717) is 13.0 Å². The summed E-state index contributed by atoms with van der Waals surface area (Å²) in [6, 6.07) is 0. The Balaban J connectivity index is 2.09. The zero-order valence-corrected chi connectivity index (χ0v) is 7.19. The van der Waals surface area contributed by atoms with Gasteiger partial charge in [-0.2, -0.15) is 0 Å². The lowest BCUT2D eigenvalue weighted by atomic mass is 10.0. The maximum absolute atomic E-state index is 9.48. The minimum atomic E-state index is -0.395. The van der Waals surface area contributed by atoms with E-state index < -0.39 is 6.10 Å². The lowest BCUT2D eigenvalue weighted by molar-refractivity contribution is -0.215. The topological polar surface area (TPSA) is 38.7 Å². The molecular formula is C9H14O3. The van der Waals surface area contributed by atoms with Crippen molar-refractivity contribution in [3.8, 4) is 0 Å². The Kier molecular flexibility index (Phi) is 1.94. The van der Waals surface area contributed by atoms with Crippen LogP contribution >= 0.6 is 0 Å². The third-order valence-electron chi connectivity index (χ3n) is 2.69. The SMILES string of the molecule is C=C1C(O)CC2OC(C)OCC12. The lowest BCUT2D eigenvalue weighted by Gasteiger charge is -2.30. The highest BCUT2D eigenvalue weighted by atomic mass is 16.7. The fourth-order valence-electron chi connectivity index (χ4n) is 1.91. The summed E-state index contributed by atoms with van der Waals surface area (Å²) in [7, 11) is 0. The van der Waals surface area contributed by atoms with Gasteiger partial charge in [0.2, 0.25) is 0 Å². The van der Waals surface area contributed by atoms with Gasteiger partial charge in [0.05, 0.1) is 18.8 Å². The molecule has 1 N–H and O–H groups in total. The van der Waals surface area contributed by atoms with Gasteiger partial charge in [0.1, 0.15) is 0 Å². The summed E-state index contributed by atoms with van der Waals surface area (Å²) in [4.78, 5) is 0. The molecule has 1 saturated heterocycles. The predicted octanol–water partition coefficient (Wildman–Crippen LogP) is 0.685. The first-order chi connectivity index (χ1) is 5.68. The Morgan fingerprint density at radius 2 is 2.33 bits per heavy atom. The number of fused-ring (bicyclic) bond motifs is 1. The summed E-state index contributed by atoms with van der Waals surface area (Å²) >= 11 is 0. The zero-order chi connectivity index (χ0) is 8.72. The van der Waals surface area contributed by atoms with E-state index in [0.717, 1.165) is 5.57 Å². The van der Waals surface area contributed by atoms with Gasteiger partial charge in [0.25, 0.3) is 0 Å². The third kappa shape index (κ3) is 1.18. The normalized spacial score (nSPS) is 47.7. The minimum absolute atomic E-state index is 0.122. The average molecular weight is 170 g/mol. The molecule has 0 aromatic carbocycles. The Labute approximate surface area is 72.0 Å². The second-order valence-electron chi connectivity index (χ2n) is 3.51. The first kappa shape index (κ1) is 8.23. The van der Waals surface area contributed by atoms with Gasteiger partial charge in [-0.05, 0) is 12.5 Å². The predicted molar refractivity (Wildman–Crippen MR) is 43.5 cm³/mol. The lowest BCUT2D eigenvalue weighted by Crippen LogP contribution is -2.35. The number of aliphatic hydroxyl groups is 1. The standard InChI is InChI=1S/C9H14O3/c1-5-7-4-11-6(2)12-9(7)3-8(5)10/h6-10H,1,3-4H2,2H3. The molecule has 0 bridgehead atoms. The molecular weight excluding hydrogens is 156 g/mol. The smallest absolute Gasteiger partial charge is 0.155 e. The molecule has 4 unspecified atom stereocenters. The fraction of sp³-hybridized carbons (Fsp3) is 0.778. The minimum Gasteiger partial charge on any atom is -0.389 e. The fourth-order valence-corrected chi connectivity index (χ4v) is 1.91. The number of hydrogen-bond donors (Lipinski definition) is 1. The van der Waals surface area contributed by atoms with Crippen LogP contribution in [0.15, 0.2) is 12.2 Å². The molecule has 0 aromatic heterocycles. The highest BCUT2D eigenvalue weighted by Crippen LogP contribution is 2.36. The zero-order valence-electron chi connectivity index (χ0n) is 7.19. The van der Waals surface area contributed by atoms with Crippen molar-refractivity contribution >= 4 is 0 Å². The van der Waals surface area contributed by atoms with Crippen molar-refractivity contribution in [2.75, 3.05) is 6.61 Å². The van der Waals surface area contributed by atoms with Crippen LogP contribution in [0.25, 0.3) is 0 Å². The van der Waals surface area contributed by atoms with E-state index in [-0.39, 0.29) is 18.3 Å². The Bertz CT molecular complexity index is 202. The van der Waals surface area contributed by atoms with Crippen LogP contribution in [0.1, 0.15) is 13.3 Å². The van der Waals surface area contributed by atoms with Gasteiger partial charge in [0, 0.05) is 12.3 Å². The maximum atomic E-state index is 9.48. The maximum Gasteiger partial charge on any atom is 0.155 e. The molecule has 2 fully saturated rings. The Hall–Kier alpha value is -0.380. The van der Waals surface area contributed by atoms with Crippen molar-refractivity contribution in [1.29, 1.82) is 0 Å². The van der Waals surface area contributed by atoms with Crippen molar-refractivity contribution < 1.29 is 14.6 Å². The highest BCUT2D eigenvalue weighted by molar-refractivity contribution is 5.16. The summed E-state index contributed by atoms with van der Waals surface area (Å²) < 4.78 is 10.8. The van der Waals surface area contributed by atoms with E-state index in [2.05, 4.69) is 6.58 Å². The molecule has 0 spiro atoms. The van der Waals surface area contributed by atoms with Crippen LogP contribution < -0.4 is 0 Å². The molecule has 0 aromatic rings. The third-order valence-corrected chi connectivity index (χ3v) is 2.69. The first-order valence-corrected chi connectivity index (χ1v) is 4.32. The number of ether oxygens (including phenoxy) is 2. The number of aliphatic hydroxyl groups excluding tert-OH is 1. The molecule has 1 aliphatic heterocycles. The summed E-state index contributed by atoms with van der Waals surface area (Å²) in [5.41, 5.74) is 0.868. The van der Waals surface area contributed by atoms with Gasteiger partial charge in [-0.25, -0.2) is 0 Å². The Morgan fingerprint density at radius 3 is 3.08 bits per heavy atom. The van der Waals surface area contributed by atoms with Crippen LogP contribution in [0, 0.1) is 5.92 Å². The molecule has 2 aliphatic rings. The highest BCUT2D eigenvalue weighted by Gasteiger charge is 2.41. The largest absolute Gasteiger partial charge is 0.389 e. The summed E-state index contributed by atoms with van der Waals surface area (Å²) in [6.07, 6.45) is 0.270. The van der Waals surface area contributed by atoms with E-state index in [1.54, 1.807) is 0 Å². The van der Waals surface area contributed by atoms with Crippen LogP contribution in [-0.4, -0.2) is 30.2 Å². The number of hydrogen-bond acceptors (Lipinski definition) is 3. The summed E-state index contributed by atoms with van der Waals surface area (Å²) in [5, 5.41) is 9.48. The second kappa shape index (κ2) is 2.83. The number of rotatable bonds is 0. The molecule has 3 nitrogen and oxygen atoms in total. The molecule has 1 saturated carbocycles. The van der Waals surface area contributed by atoms with Crippen molar-refractivity contribution in [2.24, 2.45) is 5.92 Å². The second-order valence-corrected chi connectivity index (χ2v) is 3.51. The van der Waals surface area contributed by atoms with Gasteiger partial charge < -0.3 is 14.6 Å². The van der Waals surface area contributed by atoms with Gasteiger partial charge in [-0.1, -0.05) is 6.58 Å². The summed E-state index contributed by atoms with van der Waals surface area (Å²) in [5.74, 6) is 0.205. The molecule has 0 radical (unpaired) electrons. The molecule has 1 aliphatic carbocycles. The van der Waals surface area contributed by atoms with Crippen molar-refractivity contribution in [1.82, 2.24) is 0 Å².